The Labute approximate surface area is 355 Å². The van der Waals surface area contributed by atoms with Crippen molar-refractivity contribution in [3.8, 4) is 11.1 Å². The number of aromatic nitrogens is 1. The highest BCUT2D eigenvalue weighted by molar-refractivity contribution is 6.16. The minimum Gasteiger partial charge on any atom is -0.464 e. The van der Waals surface area contributed by atoms with E-state index in [1.807, 2.05) is 54.6 Å². The van der Waals surface area contributed by atoms with Gasteiger partial charge >= 0.3 is 6.09 Å². The summed E-state index contributed by atoms with van der Waals surface area (Å²) >= 11 is 0. The van der Waals surface area contributed by atoms with Gasteiger partial charge in [0.1, 0.15) is 0 Å². The number of hydrogen-bond acceptors (Lipinski definition) is 4. The second-order valence-corrected chi connectivity index (χ2v) is 15.6. The number of nitrogens with one attached hydrogen (secondary N) is 1. The Morgan fingerprint density at radius 2 is 1.38 bits per heavy atom. The molecule has 7 aromatic carbocycles. The van der Waals surface area contributed by atoms with Crippen LogP contribution >= 0.6 is 0 Å². The predicted octanol–water partition coefficient (Wildman–Crippen LogP) is 14.5. The monoisotopic (exact) mass is 792 g/mol. The normalized spacial score (nSPS) is 17.5. The van der Waals surface area contributed by atoms with Gasteiger partial charge in [0.05, 0.1) is 11.0 Å². The summed E-state index contributed by atoms with van der Waals surface area (Å²) in [7, 11) is 0. The van der Waals surface area contributed by atoms with Crippen molar-refractivity contribution in [3.63, 3.8) is 0 Å². The Kier molecular flexibility index (Phi) is 9.87. The Balaban J connectivity index is 1.09. The van der Waals surface area contributed by atoms with E-state index in [0.29, 0.717) is 11.0 Å². The topological polar surface area (TPSA) is 60.7 Å². The number of para-hydroxylation sites is 3. The molecule has 6 nitrogen and oxygen atoms in total. The molecule has 2 aliphatic rings. The highest BCUT2D eigenvalue weighted by Gasteiger charge is 2.31. The number of anilines is 6. The van der Waals surface area contributed by atoms with Gasteiger partial charge in [0.2, 0.25) is 0 Å². The highest BCUT2D eigenvalue weighted by Crippen LogP contribution is 2.43. The van der Waals surface area contributed by atoms with Crippen molar-refractivity contribution in [3.05, 3.63) is 224 Å². The molecule has 2 atom stereocenters. The Bertz CT molecular complexity index is 3020. The van der Waals surface area contributed by atoms with Crippen molar-refractivity contribution in [1.82, 2.24) is 4.57 Å². The van der Waals surface area contributed by atoms with Crippen LogP contribution in [0, 0.1) is 5.92 Å². The summed E-state index contributed by atoms with van der Waals surface area (Å²) in [5, 5.41) is 15.8. The van der Waals surface area contributed by atoms with Crippen LogP contribution in [0.3, 0.4) is 0 Å². The largest absolute Gasteiger partial charge is 0.464 e. The first kappa shape index (κ1) is 37.4. The van der Waals surface area contributed by atoms with Gasteiger partial charge in [-0.15, -0.1) is 0 Å². The highest BCUT2D eigenvalue weighted by atomic mass is 16.4. The van der Waals surface area contributed by atoms with Gasteiger partial charge in [-0.05, 0) is 114 Å². The first-order valence-corrected chi connectivity index (χ1v) is 20.8. The van der Waals surface area contributed by atoms with E-state index in [-0.39, 0.29) is 12.0 Å². The van der Waals surface area contributed by atoms with E-state index < -0.39 is 6.09 Å². The fourth-order valence-electron chi connectivity index (χ4n) is 9.16. The minimum absolute atomic E-state index is 0.0697. The summed E-state index contributed by atoms with van der Waals surface area (Å²) in [4.78, 5) is 17.4. The average molecular weight is 793 g/mol. The number of carbonyl (C=O) groups is 1. The van der Waals surface area contributed by atoms with Crippen molar-refractivity contribution in [2.24, 2.45) is 5.92 Å². The average Bonchev–Trinajstić information content (AvgIpc) is 3.65. The molecule has 8 aromatic rings. The van der Waals surface area contributed by atoms with E-state index in [1.54, 1.807) is 0 Å². The van der Waals surface area contributed by atoms with Gasteiger partial charge in [-0.2, -0.15) is 0 Å². The second-order valence-electron chi connectivity index (χ2n) is 15.6. The molecular weight excluding hydrogens is 749 g/mol. The predicted molar refractivity (Wildman–Crippen MR) is 254 cm³/mol. The number of allylic oxidation sites excluding steroid dienone is 4. The van der Waals surface area contributed by atoms with E-state index in [1.165, 1.54) is 4.57 Å². The zero-order chi connectivity index (χ0) is 41.3. The SMILES string of the molecule is C=C1/C=C(c2cccc3c2c2ccccc2n3C(=O)O)\C=C/N(c2cccc(N(c3ccccc3)c3ccc(Nc4ccccc4)c(-c4ccccc4)c3)c2)C2CCC=CC12. The maximum absolute atomic E-state index is 12.6. The molecule has 0 amide bonds. The summed E-state index contributed by atoms with van der Waals surface area (Å²) in [5.74, 6) is 0.0697. The van der Waals surface area contributed by atoms with Gasteiger partial charge in [-0.1, -0.05) is 128 Å². The smallest absolute Gasteiger partial charge is 0.416 e. The molecule has 61 heavy (non-hydrogen) atoms. The van der Waals surface area contributed by atoms with Crippen LogP contribution in [0.5, 0.6) is 0 Å². The van der Waals surface area contributed by atoms with E-state index in [2.05, 4.69) is 174 Å². The molecule has 2 unspecified atom stereocenters. The van der Waals surface area contributed by atoms with Gasteiger partial charge in [-0.3, -0.25) is 0 Å². The van der Waals surface area contributed by atoms with Crippen molar-refractivity contribution in [2.45, 2.75) is 18.9 Å². The van der Waals surface area contributed by atoms with Gasteiger partial charge in [0, 0.05) is 68.6 Å². The molecule has 0 saturated heterocycles. The third-order valence-corrected chi connectivity index (χ3v) is 11.9. The maximum Gasteiger partial charge on any atom is 0.416 e. The van der Waals surface area contributed by atoms with Gasteiger partial charge < -0.3 is 20.2 Å². The molecule has 2 heterocycles. The van der Waals surface area contributed by atoms with Crippen LogP contribution < -0.4 is 15.1 Å². The molecule has 1 aromatic heterocycles. The van der Waals surface area contributed by atoms with Crippen LogP contribution in [0.4, 0.5) is 38.9 Å². The number of rotatable bonds is 8. The molecule has 0 radical (unpaired) electrons. The Morgan fingerprint density at radius 1 is 0.689 bits per heavy atom. The van der Waals surface area contributed by atoms with Crippen molar-refractivity contribution in [1.29, 1.82) is 0 Å². The molecule has 0 saturated carbocycles. The summed E-state index contributed by atoms with van der Waals surface area (Å²) in [6.07, 6.45) is 12.1. The van der Waals surface area contributed by atoms with Crippen molar-refractivity contribution >= 4 is 67.6 Å². The molecule has 296 valence electrons. The third kappa shape index (κ3) is 7.08. The van der Waals surface area contributed by atoms with E-state index in [4.69, 9.17) is 0 Å². The van der Waals surface area contributed by atoms with Gasteiger partial charge in [-0.25, -0.2) is 9.36 Å². The van der Waals surface area contributed by atoms with Crippen molar-refractivity contribution < 1.29 is 9.90 Å². The van der Waals surface area contributed by atoms with Crippen LogP contribution in [0.2, 0.25) is 0 Å². The summed E-state index contributed by atoms with van der Waals surface area (Å²) in [5.41, 5.74) is 12.8. The lowest BCUT2D eigenvalue weighted by atomic mass is 9.81. The van der Waals surface area contributed by atoms with Gasteiger partial charge in [0.15, 0.2) is 0 Å². The lowest BCUT2D eigenvalue weighted by Crippen LogP contribution is -2.39. The number of hydrogen-bond donors (Lipinski definition) is 2. The summed E-state index contributed by atoms with van der Waals surface area (Å²) < 4.78 is 1.39. The molecule has 6 heteroatoms. The number of fused-ring (bicyclic) bond motifs is 4. The Morgan fingerprint density at radius 3 is 2.18 bits per heavy atom. The van der Waals surface area contributed by atoms with Crippen LogP contribution in [0.25, 0.3) is 38.5 Å². The molecule has 10 rings (SSSR count). The summed E-state index contributed by atoms with van der Waals surface area (Å²) in [6.45, 7) is 4.67. The van der Waals surface area contributed by atoms with Crippen LogP contribution in [0.15, 0.2) is 219 Å². The molecule has 0 fully saturated rings. The first-order chi connectivity index (χ1) is 30.0. The zero-order valence-electron chi connectivity index (χ0n) is 33.6. The number of nitrogens with zero attached hydrogens (tertiary/aromatic N) is 3. The molecular formula is C55H44N4O2. The molecule has 0 bridgehead atoms. The first-order valence-electron chi connectivity index (χ1n) is 20.8. The fourth-order valence-corrected chi connectivity index (χ4v) is 9.16. The van der Waals surface area contributed by atoms with E-state index >= 15 is 0 Å². The quantitative estimate of drug-likeness (QED) is 0.150. The molecule has 1 aliphatic heterocycles. The van der Waals surface area contributed by atoms with Gasteiger partial charge in [0.25, 0.3) is 0 Å². The molecule has 1 aliphatic carbocycles. The number of carboxylic acid groups (broad SMARTS) is 1. The van der Waals surface area contributed by atoms with E-state index in [0.717, 1.165) is 85.6 Å². The standard InChI is InChI=1S/C55H44N4O2/c1-38-35-40(47-27-16-30-53-54(47)48-26-12-14-29-52(48)59(53)55(60)61)33-34-57(51-28-13-11-25-46(38)51)43-23-15-24-44(36-43)58(42-21-9-4-10-22-42)45-31-32-50(56-41-19-7-3-8-20-41)49(37-45)39-17-5-2-6-18-39/h2-12,14-27,29-37,46,51,56H,1,13,28H2,(H,60,61)/b34-33-,40-35+. The van der Waals surface area contributed by atoms with E-state index in [9.17, 15) is 9.90 Å². The van der Waals surface area contributed by atoms with Crippen molar-refractivity contribution in [2.75, 3.05) is 15.1 Å². The zero-order valence-corrected chi connectivity index (χ0v) is 33.6. The maximum atomic E-state index is 12.6. The van der Waals surface area contributed by atoms with Crippen LogP contribution in [0.1, 0.15) is 18.4 Å². The molecule has 2 N–H and O–H groups in total. The number of benzene rings is 7. The molecule has 0 spiro atoms. The summed E-state index contributed by atoms with van der Waals surface area (Å²) in [6, 6.07) is 60.7. The lowest BCUT2D eigenvalue weighted by molar-refractivity contribution is 0.198. The van der Waals surface area contributed by atoms with Crippen LogP contribution in [-0.4, -0.2) is 21.8 Å². The fraction of sp³-hybridized carbons (Fsp3) is 0.0727. The third-order valence-electron chi connectivity index (χ3n) is 11.9. The Hall–Kier alpha value is -7.83. The minimum atomic E-state index is -1.00. The second kappa shape index (κ2) is 16.1. The lowest BCUT2D eigenvalue weighted by Gasteiger charge is -2.39. The van der Waals surface area contributed by atoms with Crippen LogP contribution in [-0.2, 0) is 0 Å².